The van der Waals surface area contributed by atoms with Gasteiger partial charge in [0.05, 0.1) is 5.69 Å². The highest BCUT2D eigenvalue weighted by molar-refractivity contribution is 7.16. The molecule has 0 aliphatic carbocycles. The lowest BCUT2D eigenvalue weighted by Gasteiger charge is -2.23. The van der Waals surface area contributed by atoms with E-state index in [0.717, 1.165) is 22.6 Å². The average Bonchev–Trinajstić information content (AvgIpc) is 3.42. The van der Waals surface area contributed by atoms with E-state index in [9.17, 15) is 9.59 Å². The molecule has 1 aliphatic heterocycles. The summed E-state index contributed by atoms with van der Waals surface area (Å²) < 4.78 is 0. The van der Waals surface area contributed by atoms with Crippen LogP contribution in [0.3, 0.4) is 0 Å². The number of nitrogens with one attached hydrogen (secondary N) is 1. The molecule has 0 saturated carbocycles. The molecule has 0 radical (unpaired) electrons. The van der Waals surface area contributed by atoms with Crippen molar-refractivity contribution in [1.82, 2.24) is 9.88 Å². The summed E-state index contributed by atoms with van der Waals surface area (Å²) in [4.78, 5) is 33.5. The number of thiazole rings is 1. The Morgan fingerprint density at radius 3 is 2.40 bits per heavy atom. The lowest BCUT2D eigenvalue weighted by Crippen LogP contribution is -2.43. The van der Waals surface area contributed by atoms with Gasteiger partial charge < -0.3 is 10.2 Å². The van der Waals surface area contributed by atoms with E-state index in [1.165, 1.54) is 11.3 Å². The lowest BCUT2D eigenvalue weighted by molar-refractivity contribution is -0.119. The Morgan fingerprint density at radius 2 is 1.73 bits per heavy atom. The molecule has 1 saturated heterocycles. The van der Waals surface area contributed by atoms with Crippen LogP contribution in [0.15, 0.2) is 60.7 Å². The van der Waals surface area contributed by atoms with Crippen molar-refractivity contribution < 1.29 is 9.59 Å². The molecular formula is C24H25N3O2S. The number of carbonyl (C=O) groups excluding carboxylic acids is 2. The minimum atomic E-state index is -0.468. The molecule has 154 valence electrons. The highest BCUT2D eigenvalue weighted by Gasteiger charge is 2.35. The number of likely N-dealkylation sites (tertiary alicyclic amines) is 1. The van der Waals surface area contributed by atoms with Gasteiger partial charge in [-0.2, -0.15) is 0 Å². The first-order chi connectivity index (χ1) is 14.5. The standard InChI is InChI=1S/C24H25N3O2S/c1-16(2)21-20(17-10-5-3-6-11-17)25-24(30-21)26-22(28)19-14-9-15-27(19)23(29)18-12-7-4-8-13-18/h3-8,10-13,16,19H,9,14-15H2,1-2H3,(H,25,26,28). The van der Waals surface area contributed by atoms with E-state index < -0.39 is 6.04 Å². The van der Waals surface area contributed by atoms with Crippen molar-refractivity contribution in [3.63, 3.8) is 0 Å². The Hall–Kier alpha value is -2.99. The maximum Gasteiger partial charge on any atom is 0.254 e. The van der Waals surface area contributed by atoms with Gasteiger partial charge in [-0.1, -0.05) is 62.4 Å². The van der Waals surface area contributed by atoms with E-state index in [-0.39, 0.29) is 11.8 Å². The molecule has 1 unspecified atom stereocenters. The smallest absolute Gasteiger partial charge is 0.254 e. The fourth-order valence-electron chi connectivity index (χ4n) is 3.80. The zero-order valence-corrected chi connectivity index (χ0v) is 18.0. The predicted molar refractivity (Wildman–Crippen MR) is 121 cm³/mol. The van der Waals surface area contributed by atoms with Gasteiger partial charge in [0.15, 0.2) is 5.13 Å². The summed E-state index contributed by atoms with van der Waals surface area (Å²) in [6, 6.07) is 18.7. The molecule has 1 aromatic heterocycles. The van der Waals surface area contributed by atoms with E-state index in [4.69, 9.17) is 4.98 Å². The van der Waals surface area contributed by atoms with Crippen LogP contribution in [0.25, 0.3) is 11.3 Å². The van der Waals surface area contributed by atoms with Crippen LogP contribution in [-0.2, 0) is 4.79 Å². The largest absolute Gasteiger partial charge is 0.327 e. The number of hydrogen-bond acceptors (Lipinski definition) is 4. The zero-order valence-electron chi connectivity index (χ0n) is 17.2. The van der Waals surface area contributed by atoms with Crippen LogP contribution in [0.5, 0.6) is 0 Å². The summed E-state index contributed by atoms with van der Waals surface area (Å²) in [6.45, 7) is 4.85. The summed E-state index contributed by atoms with van der Waals surface area (Å²) in [6.07, 6.45) is 1.49. The Balaban J connectivity index is 1.54. The third-order valence-electron chi connectivity index (χ3n) is 5.29. The molecule has 2 aromatic carbocycles. The molecule has 0 bridgehead atoms. The Labute approximate surface area is 180 Å². The molecule has 3 aromatic rings. The first-order valence-electron chi connectivity index (χ1n) is 10.3. The van der Waals surface area contributed by atoms with Crippen molar-refractivity contribution in [2.45, 2.75) is 38.6 Å². The Bertz CT molecular complexity index is 1030. The van der Waals surface area contributed by atoms with Crippen LogP contribution in [-0.4, -0.2) is 34.3 Å². The first-order valence-corrected chi connectivity index (χ1v) is 11.1. The molecular weight excluding hydrogens is 394 g/mol. The van der Waals surface area contributed by atoms with Crippen molar-refractivity contribution in [3.05, 3.63) is 71.1 Å². The van der Waals surface area contributed by atoms with Crippen LogP contribution in [0, 0.1) is 0 Å². The summed E-state index contributed by atoms with van der Waals surface area (Å²) >= 11 is 1.51. The number of amides is 2. The minimum absolute atomic E-state index is 0.0970. The highest BCUT2D eigenvalue weighted by atomic mass is 32.1. The van der Waals surface area contributed by atoms with Crippen molar-refractivity contribution in [2.75, 3.05) is 11.9 Å². The average molecular weight is 420 g/mol. The van der Waals surface area contributed by atoms with E-state index in [1.54, 1.807) is 17.0 Å². The van der Waals surface area contributed by atoms with Crippen LogP contribution < -0.4 is 5.32 Å². The molecule has 0 spiro atoms. The van der Waals surface area contributed by atoms with Gasteiger partial charge >= 0.3 is 0 Å². The number of nitrogens with zero attached hydrogens (tertiary/aromatic N) is 2. The fraction of sp³-hybridized carbons (Fsp3) is 0.292. The second kappa shape index (κ2) is 8.79. The molecule has 5 nitrogen and oxygen atoms in total. The van der Waals surface area contributed by atoms with E-state index in [2.05, 4.69) is 19.2 Å². The fourth-order valence-corrected chi connectivity index (χ4v) is 4.79. The molecule has 1 atom stereocenters. The Morgan fingerprint density at radius 1 is 1.07 bits per heavy atom. The third-order valence-corrected chi connectivity index (χ3v) is 6.56. The maximum absolute atomic E-state index is 13.0. The van der Waals surface area contributed by atoms with Gasteiger partial charge in [0.25, 0.3) is 5.91 Å². The number of anilines is 1. The van der Waals surface area contributed by atoms with Crippen LogP contribution in [0.2, 0.25) is 0 Å². The zero-order chi connectivity index (χ0) is 21.1. The molecule has 4 rings (SSSR count). The first kappa shape index (κ1) is 20.3. The van der Waals surface area contributed by atoms with E-state index in [0.29, 0.717) is 29.6 Å². The maximum atomic E-state index is 13.0. The van der Waals surface area contributed by atoms with Gasteiger partial charge in [-0.3, -0.25) is 9.59 Å². The van der Waals surface area contributed by atoms with Crippen molar-refractivity contribution >= 4 is 28.3 Å². The number of rotatable bonds is 5. The van der Waals surface area contributed by atoms with Gasteiger partial charge in [-0.05, 0) is 30.9 Å². The summed E-state index contributed by atoms with van der Waals surface area (Å²) in [7, 11) is 0. The monoisotopic (exact) mass is 419 g/mol. The van der Waals surface area contributed by atoms with Gasteiger partial charge in [0, 0.05) is 22.5 Å². The minimum Gasteiger partial charge on any atom is -0.327 e. The van der Waals surface area contributed by atoms with E-state index >= 15 is 0 Å². The third kappa shape index (κ3) is 4.14. The van der Waals surface area contributed by atoms with Gasteiger partial charge in [0.1, 0.15) is 6.04 Å². The van der Waals surface area contributed by atoms with Crippen molar-refractivity contribution in [3.8, 4) is 11.3 Å². The molecule has 30 heavy (non-hydrogen) atoms. The molecule has 1 N–H and O–H groups in total. The van der Waals surface area contributed by atoms with Crippen molar-refractivity contribution in [1.29, 1.82) is 0 Å². The highest BCUT2D eigenvalue weighted by Crippen LogP contribution is 2.36. The molecule has 2 heterocycles. The summed E-state index contributed by atoms with van der Waals surface area (Å²) in [5, 5.41) is 3.56. The van der Waals surface area contributed by atoms with Crippen molar-refractivity contribution in [2.24, 2.45) is 0 Å². The topological polar surface area (TPSA) is 62.3 Å². The molecule has 6 heteroatoms. The summed E-state index contributed by atoms with van der Waals surface area (Å²) in [5.41, 5.74) is 2.56. The van der Waals surface area contributed by atoms with Gasteiger partial charge in [0.2, 0.25) is 5.91 Å². The predicted octanol–water partition coefficient (Wildman–Crippen LogP) is 5.18. The van der Waals surface area contributed by atoms with Gasteiger partial charge in [-0.25, -0.2) is 4.98 Å². The molecule has 1 aliphatic rings. The normalized spacial score (nSPS) is 16.1. The van der Waals surface area contributed by atoms with Crippen LogP contribution in [0.4, 0.5) is 5.13 Å². The second-order valence-electron chi connectivity index (χ2n) is 7.76. The lowest BCUT2D eigenvalue weighted by atomic mass is 10.1. The number of hydrogen-bond donors (Lipinski definition) is 1. The van der Waals surface area contributed by atoms with Crippen LogP contribution in [0.1, 0.15) is 47.8 Å². The molecule has 2 amide bonds. The molecule has 1 fully saturated rings. The van der Waals surface area contributed by atoms with Gasteiger partial charge in [-0.15, -0.1) is 11.3 Å². The second-order valence-corrected chi connectivity index (χ2v) is 8.80. The Kier molecular flexibility index (Phi) is 5.95. The number of aromatic nitrogens is 1. The number of carbonyl (C=O) groups is 2. The quantitative estimate of drug-likeness (QED) is 0.620. The van der Waals surface area contributed by atoms with E-state index in [1.807, 2.05) is 48.5 Å². The SMILES string of the molecule is CC(C)c1sc(NC(=O)C2CCCN2C(=O)c2ccccc2)nc1-c1ccccc1. The van der Waals surface area contributed by atoms with Crippen LogP contribution >= 0.6 is 11.3 Å². The number of benzene rings is 2. The summed E-state index contributed by atoms with van der Waals surface area (Å²) in [5.74, 6) is 0.0340.